The van der Waals surface area contributed by atoms with E-state index >= 15 is 0 Å². The molecule has 3 rings (SSSR count). The number of nitrogens with zero attached hydrogens (tertiary/aromatic N) is 3. The molecule has 0 bridgehead atoms. The summed E-state index contributed by atoms with van der Waals surface area (Å²) in [5, 5.41) is 44.3. The molecule has 1 aromatic heterocycles. The number of nitrogens with two attached hydrogens (primary N) is 3. The number of primary amides is 1. The van der Waals surface area contributed by atoms with Crippen molar-refractivity contribution < 1.29 is 72.5 Å². The maximum atomic E-state index is 14.2. The Balaban J connectivity index is 1.74. The van der Waals surface area contributed by atoms with Gasteiger partial charge in [-0.25, -0.2) is 9.78 Å². The fourth-order valence-electron chi connectivity index (χ4n) is 8.95. The minimum absolute atomic E-state index is 0.0247. The Hall–Kier alpha value is -9.23. The number of hydrogen-bond donors (Lipinski definition) is 16. The monoisotopic (exact) mass is 1210 g/mol. The molecule has 1 saturated heterocycles. The van der Waals surface area contributed by atoms with Gasteiger partial charge < -0.3 is 90.5 Å². The SMILES string of the molecule is CC(=O)N[C@H](C(=O)NCC(=O)N1CCC[C@H]1C(=O)N[C@@H](CC(N)=O)C(=O)N[C@@H](CC(C)C)C(=O)N[C@@H](Cc1cnc[nH]1)C(=O)NCC(=O)N[C@@H](CC(C)C)C(=O)N[C@@H](Cc1ccccc1)C(=O)NCC(=O)N[C@@H](CCCN=C(N)N)C(=O)O)[C@@H](C)O. The smallest absolute Gasteiger partial charge is 0.326 e. The van der Waals surface area contributed by atoms with Gasteiger partial charge in [0.1, 0.15) is 48.3 Å². The maximum Gasteiger partial charge on any atom is 0.326 e. The molecule has 0 unspecified atom stereocenters. The van der Waals surface area contributed by atoms with Crippen molar-refractivity contribution in [3.05, 3.63) is 54.1 Å². The van der Waals surface area contributed by atoms with Crippen molar-refractivity contribution in [2.45, 2.75) is 154 Å². The lowest BCUT2D eigenvalue weighted by Gasteiger charge is -2.28. The average molecular weight is 1210 g/mol. The van der Waals surface area contributed by atoms with Crippen molar-refractivity contribution in [1.82, 2.24) is 68.0 Å². The van der Waals surface area contributed by atoms with E-state index in [4.69, 9.17) is 17.2 Å². The molecule has 0 aliphatic carbocycles. The fraction of sp³-hybridized carbons (Fsp3) is 0.574. The quantitative estimate of drug-likeness (QED) is 0.0172. The lowest BCUT2D eigenvalue weighted by molar-refractivity contribution is -0.142. The molecular weight excluding hydrogens is 1130 g/mol. The van der Waals surface area contributed by atoms with Crippen LogP contribution in [0.15, 0.2) is 47.8 Å². The Morgan fingerprint density at radius 1 is 0.663 bits per heavy atom. The van der Waals surface area contributed by atoms with Gasteiger partial charge in [-0.05, 0) is 62.8 Å². The van der Waals surface area contributed by atoms with Crippen molar-refractivity contribution in [2.75, 3.05) is 32.7 Å². The molecule has 2 heterocycles. The molecule has 0 spiro atoms. The van der Waals surface area contributed by atoms with Crippen LogP contribution in [0.2, 0.25) is 0 Å². The van der Waals surface area contributed by atoms with Crippen LogP contribution in [0.4, 0.5) is 0 Å². The number of imidazole rings is 1. The van der Waals surface area contributed by atoms with Gasteiger partial charge in [0.25, 0.3) is 0 Å². The van der Waals surface area contributed by atoms with E-state index < -0.39 is 157 Å². The molecule has 32 heteroatoms. The number of likely N-dealkylation sites (tertiary alicyclic amines) is 1. The lowest BCUT2D eigenvalue weighted by Crippen LogP contribution is -2.59. The summed E-state index contributed by atoms with van der Waals surface area (Å²) in [4.78, 5) is 183. The van der Waals surface area contributed by atoms with E-state index in [-0.39, 0.29) is 75.8 Å². The average Bonchev–Trinajstić information content (AvgIpc) is 4.33. The van der Waals surface area contributed by atoms with Gasteiger partial charge in [-0.3, -0.25) is 62.5 Å². The number of carbonyl (C=O) groups excluding carboxylic acids is 12. The standard InChI is InChI=1S/C54H83N17O15/c1-28(2)18-35(48(80)68-37(20-32-12-8-7-9-13-32)46(78)60-24-42(75)65-34(53(85)86)14-10-16-59-54(56)57)66-43(76)25-61-47(79)38(21-33-23-58-27-63-33)69-49(81)36(19-29(3)4)67-50(82)39(22-41(55)74)70-51(83)40-15-11-17-71(40)44(77)26-62-52(84)45(30(5)72)64-31(6)73/h7-9,12-13,23,27-30,34-40,45,72H,10-11,14-22,24-26H2,1-6H3,(H2,55,74)(H,58,63)(H,60,78)(H,61,79)(H,62,84)(H,64,73)(H,65,75)(H,66,76)(H,67,82)(H,68,80)(H,69,81)(H,70,83)(H,85,86)(H4,56,57,59)/t30-,34+,35+,36+,37+,38+,39+,40+,45+/m1/s1. The highest BCUT2D eigenvalue weighted by atomic mass is 16.4. The molecule has 12 amide bonds. The molecule has 0 radical (unpaired) electrons. The van der Waals surface area contributed by atoms with Crippen LogP contribution in [-0.2, 0) is 75.2 Å². The number of nitrogens with one attached hydrogen (secondary N) is 11. The number of aliphatic hydroxyl groups is 1. The Bertz CT molecular complexity index is 2700. The second kappa shape index (κ2) is 35.8. The first-order valence-electron chi connectivity index (χ1n) is 28.0. The van der Waals surface area contributed by atoms with E-state index in [0.29, 0.717) is 17.7 Å². The van der Waals surface area contributed by atoms with Crippen molar-refractivity contribution in [3.63, 3.8) is 0 Å². The van der Waals surface area contributed by atoms with Gasteiger partial charge >= 0.3 is 5.97 Å². The summed E-state index contributed by atoms with van der Waals surface area (Å²) >= 11 is 0. The number of carbonyl (C=O) groups is 13. The van der Waals surface area contributed by atoms with Crippen molar-refractivity contribution >= 4 is 82.8 Å². The second-order valence-corrected chi connectivity index (χ2v) is 21.5. The highest BCUT2D eigenvalue weighted by Gasteiger charge is 2.38. The zero-order valence-corrected chi connectivity index (χ0v) is 49.1. The third-order valence-electron chi connectivity index (χ3n) is 13.1. The summed E-state index contributed by atoms with van der Waals surface area (Å²) in [5.41, 5.74) is 17.1. The third kappa shape index (κ3) is 25.7. The maximum absolute atomic E-state index is 14.2. The molecule has 9 atom stereocenters. The van der Waals surface area contributed by atoms with Crippen LogP contribution in [0.3, 0.4) is 0 Å². The second-order valence-electron chi connectivity index (χ2n) is 21.5. The Kier molecular flexibility index (Phi) is 29.6. The molecule has 1 aliphatic heterocycles. The van der Waals surface area contributed by atoms with Gasteiger partial charge in [-0.2, -0.15) is 0 Å². The normalized spacial score (nSPS) is 15.5. The zero-order valence-electron chi connectivity index (χ0n) is 49.1. The summed E-state index contributed by atoms with van der Waals surface area (Å²) in [6.07, 6.45) is 1.03. The topological polar surface area (TPSA) is 505 Å². The minimum atomic E-state index is -1.67. The molecule has 0 saturated carbocycles. The number of aliphatic carboxylic acids is 1. The number of guanidine groups is 1. The largest absolute Gasteiger partial charge is 0.480 e. The van der Waals surface area contributed by atoms with Crippen LogP contribution in [-0.4, -0.2) is 195 Å². The number of H-pyrrole nitrogens is 1. The first-order valence-corrected chi connectivity index (χ1v) is 28.0. The molecule has 32 nitrogen and oxygen atoms in total. The van der Waals surface area contributed by atoms with E-state index in [9.17, 15) is 72.5 Å². The summed E-state index contributed by atoms with van der Waals surface area (Å²) in [7, 11) is 0. The van der Waals surface area contributed by atoms with Crippen LogP contribution in [0.25, 0.3) is 0 Å². The zero-order chi connectivity index (χ0) is 64.2. The van der Waals surface area contributed by atoms with Crippen LogP contribution in [0, 0.1) is 11.8 Å². The number of carboxylic acid groups (broad SMARTS) is 1. The number of aliphatic imine (C=N–C) groups is 1. The van der Waals surface area contributed by atoms with E-state index in [1.165, 1.54) is 19.4 Å². The van der Waals surface area contributed by atoms with E-state index in [1.807, 2.05) is 0 Å². The number of carboxylic acids is 1. The molecule has 2 aromatic rings. The Labute approximate surface area is 496 Å². The highest BCUT2D eigenvalue weighted by Crippen LogP contribution is 2.18. The predicted molar refractivity (Wildman–Crippen MR) is 307 cm³/mol. The minimum Gasteiger partial charge on any atom is -0.480 e. The molecule has 19 N–H and O–H groups in total. The summed E-state index contributed by atoms with van der Waals surface area (Å²) in [6.45, 7) is 7.59. The van der Waals surface area contributed by atoms with Crippen molar-refractivity contribution in [3.8, 4) is 0 Å². The molecule has 1 aliphatic rings. The van der Waals surface area contributed by atoms with E-state index in [2.05, 4.69) is 68.1 Å². The number of aliphatic hydroxyl groups excluding tert-OH is 1. The number of benzene rings is 1. The number of aromatic nitrogens is 2. The summed E-state index contributed by atoms with van der Waals surface area (Å²) in [5.74, 6) is -12.2. The highest BCUT2D eigenvalue weighted by molar-refractivity contribution is 5.99. The first-order chi connectivity index (χ1) is 40.5. The van der Waals surface area contributed by atoms with Crippen LogP contribution < -0.4 is 70.4 Å². The van der Waals surface area contributed by atoms with Gasteiger partial charge in [0.05, 0.1) is 38.5 Å². The van der Waals surface area contributed by atoms with Gasteiger partial charge in [-0.1, -0.05) is 58.0 Å². The Morgan fingerprint density at radius 2 is 1.20 bits per heavy atom. The van der Waals surface area contributed by atoms with Gasteiger partial charge in [0, 0.05) is 44.7 Å². The Morgan fingerprint density at radius 3 is 1.71 bits per heavy atom. The van der Waals surface area contributed by atoms with Crippen molar-refractivity contribution in [2.24, 2.45) is 34.0 Å². The first kappa shape index (κ1) is 71.0. The fourth-order valence-corrected chi connectivity index (χ4v) is 8.95. The molecule has 474 valence electrons. The van der Waals surface area contributed by atoms with E-state index in [1.54, 1.807) is 58.0 Å². The molecule has 1 fully saturated rings. The number of hydrogen-bond acceptors (Lipinski definition) is 16. The molecular formula is C54H83N17O15. The van der Waals surface area contributed by atoms with Crippen LogP contribution >= 0.6 is 0 Å². The third-order valence-corrected chi connectivity index (χ3v) is 13.1. The van der Waals surface area contributed by atoms with Crippen LogP contribution in [0.1, 0.15) is 97.7 Å². The number of aromatic amines is 1. The van der Waals surface area contributed by atoms with Crippen LogP contribution in [0.5, 0.6) is 0 Å². The number of amides is 12. The van der Waals surface area contributed by atoms with Gasteiger partial charge in [-0.15, -0.1) is 0 Å². The summed E-state index contributed by atoms with van der Waals surface area (Å²) in [6, 6.07) is -2.42. The predicted octanol–water partition coefficient (Wildman–Crippen LogP) is -5.57. The van der Waals surface area contributed by atoms with Gasteiger partial charge in [0.15, 0.2) is 5.96 Å². The van der Waals surface area contributed by atoms with Crippen molar-refractivity contribution in [1.29, 1.82) is 0 Å². The summed E-state index contributed by atoms with van der Waals surface area (Å²) < 4.78 is 0. The molecule has 86 heavy (non-hydrogen) atoms. The van der Waals surface area contributed by atoms with E-state index in [0.717, 1.165) is 11.8 Å². The van der Waals surface area contributed by atoms with Gasteiger partial charge in [0.2, 0.25) is 70.9 Å². The molecule has 1 aromatic carbocycles. The lowest BCUT2D eigenvalue weighted by atomic mass is 10.0. The number of rotatable bonds is 36.